The van der Waals surface area contributed by atoms with Gasteiger partial charge in [-0.15, -0.1) is 11.3 Å². The minimum atomic E-state index is -0.272. The van der Waals surface area contributed by atoms with Crippen LogP contribution in [0.2, 0.25) is 0 Å². The number of carbonyl (C=O) groups is 1. The van der Waals surface area contributed by atoms with Gasteiger partial charge in [0.1, 0.15) is 0 Å². The van der Waals surface area contributed by atoms with E-state index in [9.17, 15) is 9.90 Å². The number of hydrogen-bond donors (Lipinski definition) is 2. The van der Waals surface area contributed by atoms with Crippen molar-refractivity contribution in [2.24, 2.45) is 5.92 Å². The van der Waals surface area contributed by atoms with Crippen LogP contribution in [0.4, 0.5) is 0 Å². The van der Waals surface area contributed by atoms with E-state index in [1.54, 1.807) is 11.3 Å². The molecule has 6 heteroatoms. The molecule has 1 atom stereocenters. The first-order chi connectivity index (χ1) is 13.0. The van der Waals surface area contributed by atoms with Crippen LogP contribution < -0.4 is 5.32 Å². The summed E-state index contributed by atoms with van der Waals surface area (Å²) in [4.78, 5) is 22.8. The molecule has 2 aromatic heterocycles. The maximum Gasteiger partial charge on any atom is 0.226 e. The molecule has 0 spiro atoms. The van der Waals surface area contributed by atoms with Gasteiger partial charge in [0.2, 0.25) is 5.91 Å². The molecule has 0 saturated heterocycles. The molecule has 3 aromatic rings. The van der Waals surface area contributed by atoms with E-state index in [4.69, 9.17) is 0 Å². The van der Waals surface area contributed by atoms with Crippen molar-refractivity contribution in [3.63, 3.8) is 0 Å². The molecule has 2 N–H and O–H groups in total. The number of aryl methyl sites for hydroxylation is 2. The zero-order valence-electron chi connectivity index (χ0n) is 15.5. The number of fused-ring (bicyclic) bond motifs is 1. The van der Waals surface area contributed by atoms with E-state index in [1.807, 2.05) is 44.3 Å². The molecule has 1 amide bonds. The molecule has 1 aromatic carbocycles. The SMILES string of the molecule is Cc1nc(CC(=O)N[C@@H](c2cnc3ccccc3c2)C2CC(O)C2)c(C)s1. The molecule has 27 heavy (non-hydrogen) atoms. The Kier molecular flexibility index (Phi) is 4.93. The highest BCUT2D eigenvalue weighted by molar-refractivity contribution is 7.11. The predicted molar refractivity (Wildman–Crippen MR) is 107 cm³/mol. The summed E-state index contributed by atoms with van der Waals surface area (Å²) in [6.45, 7) is 3.96. The number of aliphatic hydroxyl groups excluding tert-OH is 1. The summed E-state index contributed by atoms with van der Waals surface area (Å²) in [7, 11) is 0. The topological polar surface area (TPSA) is 75.1 Å². The van der Waals surface area contributed by atoms with Crippen molar-refractivity contribution in [3.8, 4) is 0 Å². The maximum absolute atomic E-state index is 12.7. The molecule has 1 aliphatic rings. The summed E-state index contributed by atoms with van der Waals surface area (Å²) in [5, 5.41) is 15.0. The van der Waals surface area contributed by atoms with Gasteiger partial charge in [-0.1, -0.05) is 18.2 Å². The number of hydrogen-bond acceptors (Lipinski definition) is 5. The third-order valence-electron chi connectivity index (χ3n) is 5.24. The molecule has 0 bridgehead atoms. The normalized spacial score (nSPS) is 20.3. The predicted octanol–water partition coefficient (Wildman–Crippen LogP) is 3.48. The van der Waals surface area contributed by atoms with Crippen LogP contribution in [0.3, 0.4) is 0 Å². The molecule has 140 valence electrons. The van der Waals surface area contributed by atoms with Crippen molar-refractivity contribution in [3.05, 3.63) is 57.7 Å². The Hall–Kier alpha value is -2.31. The summed E-state index contributed by atoms with van der Waals surface area (Å²) in [6, 6.07) is 9.92. The Labute approximate surface area is 162 Å². The highest BCUT2D eigenvalue weighted by Crippen LogP contribution is 2.38. The number of aliphatic hydroxyl groups is 1. The highest BCUT2D eigenvalue weighted by atomic mass is 32.1. The molecule has 0 aliphatic heterocycles. The fourth-order valence-electron chi connectivity index (χ4n) is 3.75. The van der Waals surface area contributed by atoms with Crippen LogP contribution in [0.5, 0.6) is 0 Å². The smallest absolute Gasteiger partial charge is 0.226 e. The number of rotatable bonds is 5. The molecular formula is C21H23N3O2S. The first kappa shape index (κ1) is 18.1. The lowest BCUT2D eigenvalue weighted by atomic mass is 9.75. The van der Waals surface area contributed by atoms with E-state index >= 15 is 0 Å². The lowest BCUT2D eigenvalue weighted by Gasteiger charge is -2.38. The fourth-order valence-corrected chi connectivity index (χ4v) is 4.58. The zero-order chi connectivity index (χ0) is 19.0. The van der Waals surface area contributed by atoms with Gasteiger partial charge in [-0.25, -0.2) is 4.98 Å². The Morgan fingerprint density at radius 2 is 2.11 bits per heavy atom. The summed E-state index contributed by atoms with van der Waals surface area (Å²) in [5.41, 5.74) is 2.78. The minimum absolute atomic E-state index is 0.0389. The second-order valence-corrected chi connectivity index (χ2v) is 8.71. The van der Waals surface area contributed by atoms with Crippen molar-refractivity contribution in [2.45, 2.75) is 45.3 Å². The van der Waals surface area contributed by atoms with Crippen LogP contribution in [0.15, 0.2) is 36.5 Å². The molecule has 1 saturated carbocycles. The summed E-state index contributed by atoms with van der Waals surface area (Å²) >= 11 is 1.62. The molecular weight excluding hydrogens is 358 g/mol. The van der Waals surface area contributed by atoms with E-state index in [-0.39, 0.29) is 30.4 Å². The van der Waals surface area contributed by atoms with Crippen LogP contribution in [-0.2, 0) is 11.2 Å². The molecule has 4 rings (SSSR count). The van der Waals surface area contributed by atoms with Gasteiger partial charge in [0.05, 0.1) is 34.8 Å². The summed E-state index contributed by atoms with van der Waals surface area (Å²) in [6.07, 6.45) is 3.25. The molecule has 1 aliphatic carbocycles. The van der Waals surface area contributed by atoms with E-state index in [1.165, 1.54) is 0 Å². The molecule has 0 radical (unpaired) electrons. The Morgan fingerprint density at radius 3 is 2.81 bits per heavy atom. The van der Waals surface area contributed by atoms with Crippen molar-refractivity contribution in [2.75, 3.05) is 0 Å². The van der Waals surface area contributed by atoms with Gasteiger partial charge in [-0.05, 0) is 50.3 Å². The van der Waals surface area contributed by atoms with Gasteiger partial charge in [-0.2, -0.15) is 0 Å². The standard InChI is InChI=1S/C21H23N3O2S/c1-12-19(23-13(2)27-12)10-20(26)24-21(15-8-17(25)9-15)16-7-14-5-3-4-6-18(14)22-11-16/h3-7,11,15,17,21,25H,8-10H2,1-2H3,(H,24,26)/t15?,17?,21-/m1/s1. The van der Waals surface area contributed by atoms with Crippen molar-refractivity contribution in [1.29, 1.82) is 0 Å². The van der Waals surface area contributed by atoms with Gasteiger partial charge in [-0.3, -0.25) is 9.78 Å². The van der Waals surface area contributed by atoms with E-state index in [2.05, 4.69) is 21.4 Å². The van der Waals surface area contributed by atoms with E-state index in [0.29, 0.717) is 12.8 Å². The third kappa shape index (κ3) is 3.87. The number of thiazole rings is 1. The quantitative estimate of drug-likeness (QED) is 0.709. The zero-order valence-corrected chi connectivity index (χ0v) is 16.3. The Bertz CT molecular complexity index is 978. The Balaban J connectivity index is 1.56. The number of amides is 1. The van der Waals surface area contributed by atoms with Gasteiger partial charge in [0.25, 0.3) is 0 Å². The lowest BCUT2D eigenvalue weighted by Crippen LogP contribution is -2.42. The van der Waals surface area contributed by atoms with Crippen LogP contribution in [0, 0.1) is 19.8 Å². The third-order valence-corrected chi connectivity index (χ3v) is 6.16. The number of nitrogens with one attached hydrogen (secondary N) is 1. The van der Waals surface area contributed by atoms with Gasteiger partial charge in [0, 0.05) is 16.5 Å². The number of para-hydroxylation sites is 1. The van der Waals surface area contributed by atoms with Crippen molar-refractivity contribution >= 4 is 28.1 Å². The second kappa shape index (κ2) is 7.37. The number of aromatic nitrogens is 2. The fraction of sp³-hybridized carbons (Fsp3) is 0.381. The number of nitrogens with zero attached hydrogens (tertiary/aromatic N) is 2. The number of benzene rings is 1. The Morgan fingerprint density at radius 1 is 1.33 bits per heavy atom. The monoisotopic (exact) mass is 381 g/mol. The first-order valence-corrected chi connectivity index (χ1v) is 10.1. The van der Waals surface area contributed by atoms with Crippen molar-refractivity contribution < 1.29 is 9.90 Å². The second-order valence-electron chi connectivity index (χ2n) is 7.30. The van der Waals surface area contributed by atoms with E-state index < -0.39 is 0 Å². The average molecular weight is 382 g/mol. The van der Waals surface area contributed by atoms with Gasteiger partial charge < -0.3 is 10.4 Å². The molecule has 5 nitrogen and oxygen atoms in total. The number of carbonyl (C=O) groups excluding carboxylic acids is 1. The first-order valence-electron chi connectivity index (χ1n) is 9.24. The molecule has 0 unspecified atom stereocenters. The minimum Gasteiger partial charge on any atom is -0.393 e. The van der Waals surface area contributed by atoms with Crippen molar-refractivity contribution in [1.82, 2.24) is 15.3 Å². The van der Waals surface area contributed by atoms with Crippen LogP contribution in [-0.4, -0.2) is 27.1 Å². The highest BCUT2D eigenvalue weighted by Gasteiger charge is 2.36. The summed E-state index contributed by atoms with van der Waals surface area (Å²) in [5.74, 6) is 0.188. The molecule has 1 fully saturated rings. The molecule has 2 heterocycles. The van der Waals surface area contributed by atoms with Crippen LogP contribution >= 0.6 is 11.3 Å². The van der Waals surface area contributed by atoms with Gasteiger partial charge >= 0.3 is 0 Å². The van der Waals surface area contributed by atoms with Crippen LogP contribution in [0.1, 0.15) is 40.0 Å². The average Bonchev–Trinajstić information content (AvgIpc) is 2.94. The lowest BCUT2D eigenvalue weighted by molar-refractivity contribution is -0.122. The van der Waals surface area contributed by atoms with E-state index in [0.717, 1.165) is 32.0 Å². The maximum atomic E-state index is 12.7. The van der Waals surface area contributed by atoms with Crippen LogP contribution in [0.25, 0.3) is 10.9 Å². The largest absolute Gasteiger partial charge is 0.393 e. The number of pyridine rings is 1. The summed E-state index contributed by atoms with van der Waals surface area (Å²) < 4.78 is 0. The van der Waals surface area contributed by atoms with Gasteiger partial charge in [0.15, 0.2) is 0 Å².